The Hall–Kier alpha value is -0.990. The van der Waals surface area contributed by atoms with Crippen molar-refractivity contribution in [2.75, 3.05) is 0 Å². The summed E-state index contributed by atoms with van der Waals surface area (Å²) in [5, 5.41) is 1.84. The number of nitrogens with two attached hydrogens (primary N) is 1. The highest BCUT2D eigenvalue weighted by atomic mass is 35.5. The molecule has 1 aromatic carbocycles. The van der Waals surface area contributed by atoms with Crippen LogP contribution in [0.5, 0.6) is 0 Å². The third-order valence-corrected chi connectivity index (χ3v) is 2.57. The van der Waals surface area contributed by atoms with Gasteiger partial charge < -0.3 is 10.7 Å². The van der Waals surface area contributed by atoms with Crippen molar-refractivity contribution in [1.29, 1.82) is 0 Å². The van der Waals surface area contributed by atoms with E-state index < -0.39 is 0 Å². The van der Waals surface area contributed by atoms with Gasteiger partial charge >= 0.3 is 0 Å². The number of fused-ring (bicyclic) bond motifs is 1. The zero-order valence-electron chi connectivity index (χ0n) is 8.05. The van der Waals surface area contributed by atoms with Crippen LogP contribution >= 0.6 is 11.6 Å². The molecule has 0 aliphatic heterocycles. The van der Waals surface area contributed by atoms with Gasteiger partial charge in [0.2, 0.25) is 0 Å². The second-order valence-electron chi connectivity index (χ2n) is 3.70. The van der Waals surface area contributed by atoms with Crippen LogP contribution in [0.1, 0.15) is 12.5 Å². The molecule has 0 aliphatic rings. The maximum atomic E-state index is 5.97. The summed E-state index contributed by atoms with van der Waals surface area (Å²) in [7, 11) is 0. The molecule has 14 heavy (non-hydrogen) atoms. The molecule has 1 aromatic heterocycles. The van der Waals surface area contributed by atoms with Crippen molar-refractivity contribution >= 4 is 22.5 Å². The van der Waals surface area contributed by atoms with Gasteiger partial charge in [-0.05, 0) is 25.0 Å². The Kier molecular flexibility index (Phi) is 2.48. The van der Waals surface area contributed by atoms with Gasteiger partial charge in [-0.25, -0.2) is 0 Å². The lowest BCUT2D eigenvalue weighted by atomic mass is 10.1. The van der Waals surface area contributed by atoms with Crippen molar-refractivity contribution in [3.63, 3.8) is 0 Å². The molecular weight excluding hydrogens is 196 g/mol. The number of benzene rings is 1. The van der Waals surface area contributed by atoms with Crippen LogP contribution in [0.15, 0.2) is 24.4 Å². The van der Waals surface area contributed by atoms with Crippen molar-refractivity contribution in [2.24, 2.45) is 5.73 Å². The van der Waals surface area contributed by atoms with Crippen LogP contribution in [0, 0.1) is 0 Å². The molecule has 0 fully saturated rings. The summed E-state index contributed by atoms with van der Waals surface area (Å²) in [5.41, 5.74) is 8.06. The Morgan fingerprint density at radius 3 is 3.00 bits per heavy atom. The van der Waals surface area contributed by atoms with Gasteiger partial charge in [0.1, 0.15) is 0 Å². The Morgan fingerprint density at radius 2 is 2.29 bits per heavy atom. The summed E-state index contributed by atoms with van der Waals surface area (Å²) in [5.74, 6) is 0. The van der Waals surface area contributed by atoms with Crippen LogP contribution in [0.25, 0.3) is 10.9 Å². The molecule has 2 nitrogen and oxygen atoms in total. The third-order valence-electron chi connectivity index (χ3n) is 2.25. The van der Waals surface area contributed by atoms with Crippen LogP contribution < -0.4 is 5.73 Å². The van der Waals surface area contributed by atoms with Gasteiger partial charge in [-0.1, -0.05) is 23.7 Å². The van der Waals surface area contributed by atoms with Gasteiger partial charge in [0.05, 0.1) is 5.02 Å². The summed E-state index contributed by atoms with van der Waals surface area (Å²) < 4.78 is 0. The molecule has 2 rings (SSSR count). The molecule has 0 saturated carbocycles. The Balaban J connectivity index is 2.42. The summed E-state index contributed by atoms with van der Waals surface area (Å²) in [6, 6.07) is 6.40. The highest BCUT2D eigenvalue weighted by Crippen LogP contribution is 2.23. The number of aromatic nitrogens is 1. The first-order valence-corrected chi connectivity index (χ1v) is 5.05. The lowest BCUT2D eigenvalue weighted by Crippen LogP contribution is -2.17. The fourth-order valence-corrected chi connectivity index (χ4v) is 1.86. The third kappa shape index (κ3) is 1.76. The minimum absolute atomic E-state index is 0.192. The number of rotatable bonds is 2. The minimum Gasteiger partial charge on any atom is -0.360 e. The molecule has 1 atom stereocenters. The Labute approximate surface area is 88.1 Å². The summed E-state index contributed by atoms with van der Waals surface area (Å²) in [4.78, 5) is 3.13. The lowest BCUT2D eigenvalue weighted by molar-refractivity contribution is 0.739. The minimum atomic E-state index is 0.192. The predicted molar refractivity (Wildman–Crippen MR) is 60.7 cm³/mol. The van der Waals surface area contributed by atoms with E-state index in [0.29, 0.717) is 0 Å². The van der Waals surface area contributed by atoms with E-state index in [4.69, 9.17) is 17.3 Å². The van der Waals surface area contributed by atoms with Crippen LogP contribution in [-0.2, 0) is 6.42 Å². The van der Waals surface area contributed by atoms with Gasteiger partial charge in [-0.15, -0.1) is 0 Å². The van der Waals surface area contributed by atoms with Gasteiger partial charge in [0.15, 0.2) is 0 Å². The fraction of sp³-hybridized carbons (Fsp3) is 0.273. The molecule has 0 aliphatic carbocycles. The second-order valence-corrected chi connectivity index (χ2v) is 4.11. The zero-order chi connectivity index (χ0) is 10.1. The molecule has 3 N–H and O–H groups in total. The maximum Gasteiger partial charge on any atom is 0.0659 e. The second kappa shape index (κ2) is 3.64. The normalized spacial score (nSPS) is 13.4. The van der Waals surface area contributed by atoms with Crippen molar-refractivity contribution in [3.05, 3.63) is 35.0 Å². The van der Waals surface area contributed by atoms with Crippen LogP contribution in [0.2, 0.25) is 5.02 Å². The van der Waals surface area contributed by atoms with E-state index in [9.17, 15) is 0 Å². The number of halogens is 1. The van der Waals surface area contributed by atoms with E-state index in [1.165, 1.54) is 5.56 Å². The van der Waals surface area contributed by atoms with Crippen LogP contribution in [-0.4, -0.2) is 11.0 Å². The fourth-order valence-electron chi connectivity index (χ4n) is 1.64. The maximum absolute atomic E-state index is 5.97. The zero-order valence-corrected chi connectivity index (χ0v) is 8.81. The van der Waals surface area contributed by atoms with E-state index in [0.717, 1.165) is 22.3 Å². The molecule has 1 unspecified atom stereocenters. The standard InChI is InChI=1S/C11H13ClN2/c1-7(13)4-8-2-3-9-10(12)6-14-11(9)5-8/h2-3,5-7,14H,4,13H2,1H3. The van der Waals surface area contributed by atoms with E-state index in [-0.39, 0.29) is 6.04 Å². The van der Waals surface area contributed by atoms with E-state index in [1.807, 2.05) is 19.2 Å². The number of hydrogen-bond acceptors (Lipinski definition) is 1. The molecule has 0 saturated heterocycles. The van der Waals surface area contributed by atoms with Crippen LogP contribution in [0.4, 0.5) is 0 Å². The molecule has 0 bridgehead atoms. The van der Waals surface area contributed by atoms with Gasteiger partial charge in [0, 0.05) is 23.1 Å². The van der Waals surface area contributed by atoms with Crippen molar-refractivity contribution in [1.82, 2.24) is 4.98 Å². The number of aromatic amines is 1. The molecular formula is C11H13ClN2. The first kappa shape index (κ1) is 9.56. The largest absolute Gasteiger partial charge is 0.360 e. The lowest BCUT2D eigenvalue weighted by Gasteiger charge is -2.04. The molecule has 74 valence electrons. The topological polar surface area (TPSA) is 41.8 Å². The van der Waals surface area contributed by atoms with Crippen molar-refractivity contribution in [2.45, 2.75) is 19.4 Å². The van der Waals surface area contributed by atoms with E-state index in [1.54, 1.807) is 0 Å². The van der Waals surface area contributed by atoms with Crippen molar-refractivity contribution < 1.29 is 0 Å². The number of H-pyrrole nitrogens is 1. The van der Waals surface area contributed by atoms with Gasteiger partial charge in [-0.2, -0.15) is 0 Å². The summed E-state index contributed by atoms with van der Waals surface area (Å²) >= 11 is 5.97. The summed E-state index contributed by atoms with van der Waals surface area (Å²) in [6.07, 6.45) is 2.70. The van der Waals surface area contributed by atoms with Gasteiger partial charge in [0.25, 0.3) is 0 Å². The number of nitrogens with one attached hydrogen (secondary N) is 1. The molecule has 1 heterocycles. The highest BCUT2D eigenvalue weighted by molar-refractivity contribution is 6.35. The smallest absolute Gasteiger partial charge is 0.0659 e. The van der Waals surface area contributed by atoms with Crippen molar-refractivity contribution in [3.8, 4) is 0 Å². The van der Waals surface area contributed by atoms with E-state index >= 15 is 0 Å². The van der Waals surface area contributed by atoms with Crippen LogP contribution in [0.3, 0.4) is 0 Å². The Bertz CT molecular complexity index is 445. The Morgan fingerprint density at radius 1 is 1.50 bits per heavy atom. The first-order valence-electron chi connectivity index (χ1n) is 4.68. The van der Waals surface area contributed by atoms with E-state index in [2.05, 4.69) is 17.1 Å². The average Bonchev–Trinajstić information content (AvgIpc) is 2.46. The monoisotopic (exact) mass is 208 g/mol. The van der Waals surface area contributed by atoms with Gasteiger partial charge in [-0.3, -0.25) is 0 Å². The molecule has 0 radical (unpaired) electrons. The highest BCUT2D eigenvalue weighted by Gasteiger charge is 2.03. The quantitative estimate of drug-likeness (QED) is 0.783. The molecule has 0 amide bonds. The number of hydrogen-bond donors (Lipinski definition) is 2. The predicted octanol–water partition coefficient (Wildman–Crippen LogP) is 2.71. The summed E-state index contributed by atoms with van der Waals surface area (Å²) in [6.45, 7) is 2.01. The first-order chi connectivity index (χ1) is 6.66. The molecule has 2 aromatic rings. The molecule has 0 spiro atoms. The molecule has 3 heteroatoms. The SMILES string of the molecule is CC(N)Cc1ccc2c(Cl)c[nH]c2c1. The average molecular weight is 209 g/mol.